The topological polar surface area (TPSA) is 60.6 Å². The maximum atomic E-state index is 12.6. The van der Waals surface area contributed by atoms with E-state index in [1.165, 1.54) is 18.2 Å². The van der Waals surface area contributed by atoms with Crippen LogP contribution in [0.1, 0.15) is 18.3 Å². The average Bonchev–Trinajstić information content (AvgIpc) is 3.30. The summed E-state index contributed by atoms with van der Waals surface area (Å²) < 4.78 is 52.9. The third-order valence-electron chi connectivity index (χ3n) is 4.93. The molecule has 4 aromatic rings. The quantitative estimate of drug-likeness (QED) is 0.289. The van der Waals surface area contributed by atoms with Crippen LogP contribution in [0.4, 0.5) is 18.9 Å². The minimum absolute atomic E-state index is 0.133. The fourth-order valence-corrected chi connectivity index (χ4v) is 3.38. The molecule has 0 saturated heterocycles. The molecule has 1 heterocycles. The summed E-state index contributed by atoms with van der Waals surface area (Å²) in [5.74, 6) is 1.20. The summed E-state index contributed by atoms with van der Waals surface area (Å²) in [6, 6.07) is 22.8. The molecule has 4 rings (SSSR count). The Morgan fingerprint density at radius 3 is 2.44 bits per heavy atom. The Balaban J connectivity index is 1.40. The first-order chi connectivity index (χ1) is 16.4. The van der Waals surface area contributed by atoms with Gasteiger partial charge in [-0.15, -0.1) is 13.2 Å². The van der Waals surface area contributed by atoms with Crippen molar-refractivity contribution >= 4 is 5.69 Å². The molecule has 0 unspecified atom stereocenters. The molecule has 9 heteroatoms. The van der Waals surface area contributed by atoms with Gasteiger partial charge in [0.15, 0.2) is 6.61 Å². The van der Waals surface area contributed by atoms with E-state index < -0.39 is 6.36 Å². The van der Waals surface area contributed by atoms with Crippen LogP contribution in [-0.2, 0) is 13.2 Å². The molecule has 176 valence electrons. The van der Waals surface area contributed by atoms with E-state index in [4.69, 9.17) is 9.26 Å². The molecular formula is C25H22F3N3O3. The lowest BCUT2D eigenvalue weighted by Crippen LogP contribution is -2.22. The van der Waals surface area contributed by atoms with Crippen molar-refractivity contribution in [1.29, 1.82) is 0 Å². The predicted molar refractivity (Wildman–Crippen MR) is 120 cm³/mol. The summed E-state index contributed by atoms with van der Waals surface area (Å²) in [4.78, 5) is 6.29. The largest absolute Gasteiger partial charge is 0.573 e. The van der Waals surface area contributed by atoms with Gasteiger partial charge in [0, 0.05) is 30.4 Å². The Bertz CT molecular complexity index is 1210. The molecule has 3 aromatic carbocycles. The maximum Gasteiger partial charge on any atom is 0.573 e. The molecule has 0 N–H and O–H groups in total. The molecule has 0 aliphatic rings. The number of hydrogen-bond acceptors (Lipinski definition) is 6. The van der Waals surface area contributed by atoms with Gasteiger partial charge in [-0.25, -0.2) is 0 Å². The normalized spacial score (nSPS) is 11.3. The van der Waals surface area contributed by atoms with E-state index in [2.05, 4.69) is 14.9 Å². The Labute approximate surface area is 194 Å². The van der Waals surface area contributed by atoms with Gasteiger partial charge in [-0.3, -0.25) is 0 Å². The molecule has 0 spiro atoms. The van der Waals surface area contributed by atoms with E-state index in [9.17, 15) is 13.2 Å². The second-order valence-corrected chi connectivity index (χ2v) is 7.38. The van der Waals surface area contributed by atoms with Gasteiger partial charge in [0.1, 0.15) is 11.5 Å². The van der Waals surface area contributed by atoms with Crippen molar-refractivity contribution in [3.63, 3.8) is 0 Å². The molecule has 0 saturated carbocycles. The van der Waals surface area contributed by atoms with Gasteiger partial charge in [-0.1, -0.05) is 41.6 Å². The minimum Gasteiger partial charge on any atom is -0.485 e. The number of anilines is 1. The summed E-state index contributed by atoms with van der Waals surface area (Å²) in [5, 5.41) is 3.95. The van der Waals surface area contributed by atoms with Crippen molar-refractivity contribution in [1.82, 2.24) is 10.1 Å². The number of ether oxygens (including phenoxy) is 2. The van der Waals surface area contributed by atoms with Crippen molar-refractivity contribution in [3.8, 4) is 23.0 Å². The first-order valence-electron chi connectivity index (χ1n) is 10.6. The highest BCUT2D eigenvalue weighted by Crippen LogP contribution is 2.28. The molecule has 0 aliphatic heterocycles. The highest BCUT2D eigenvalue weighted by atomic mass is 19.4. The second-order valence-electron chi connectivity index (χ2n) is 7.38. The zero-order valence-corrected chi connectivity index (χ0v) is 18.3. The standard InChI is InChI=1S/C25H22F3N3O3/c1-2-31(20-11-7-13-22(15-20)33-25(26,27)28)16-18-8-6-12-21(14-18)32-17-23-29-24(34-30-23)19-9-4-3-5-10-19/h3-15H,2,16-17H2,1H3. The minimum atomic E-state index is -4.73. The summed E-state index contributed by atoms with van der Waals surface area (Å²) in [5.41, 5.74) is 2.38. The van der Waals surface area contributed by atoms with Crippen LogP contribution in [0.25, 0.3) is 11.5 Å². The van der Waals surface area contributed by atoms with E-state index >= 15 is 0 Å². The molecule has 0 amide bonds. The Hall–Kier alpha value is -4.01. The highest BCUT2D eigenvalue weighted by Gasteiger charge is 2.31. The van der Waals surface area contributed by atoms with Crippen molar-refractivity contribution in [2.75, 3.05) is 11.4 Å². The van der Waals surface area contributed by atoms with Crippen LogP contribution < -0.4 is 14.4 Å². The molecular weight excluding hydrogens is 447 g/mol. The smallest absolute Gasteiger partial charge is 0.485 e. The lowest BCUT2D eigenvalue weighted by Gasteiger charge is -2.24. The van der Waals surface area contributed by atoms with Crippen molar-refractivity contribution in [3.05, 3.63) is 90.3 Å². The Morgan fingerprint density at radius 1 is 0.912 bits per heavy atom. The zero-order valence-electron chi connectivity index (χ0n) is 18.3. The first-order valence-corrected chi connectivity index (χ1v) is 10.6. The molecule has 34 heavy (non-hydrogen) atoms. The van der Waals surface area contributed by atoms with Crippen LogP contribution in [0.15, 0.2) is 83.4 Å². The van der Waals surface area contributed by atoms with E-state index in [1.807, 2.05) is 66.4 Å². The number of hydrogen-bond donors (Lipinski definition) is 0. The number of nitrogens with zero attached hydrogens (tertiary/aromatic N) is 3. The SMILES string of the molecule is CCN(Cc1cccc(OCc2noc(-c3ccccc3)n2)c1)c1cccc(OC(F)(F)F)c1. The monoisotopic (exact) mass is 469 g/mol. The Morgan fingerprint density at radius 2 is 1.68 bits per heavy atom. The number of rotatable bonds is 9. The van der Waals surface area contributed by atoms with E-state index in [1.54, 1.807) is 6.07 Å². The van der Waals surface area contributed by atoms with Gasteiger partial charge in [-0.2, -0.15) is 4.98 Å². The number of benzene rings is 3. The zero-order chi connectivity index (χ0) is 24.0. The van der Waals surface area contributed by atoms with Gasteiger partial charge >= 0.3 is 6.36 Å². The summed E-state index contributed by atoms with van der Waals surface area (Å²) >= 11 is 0. The van der Waals surface area contributed by atoms with Gasteiger partial charge in [0.05, 0.1) is 0 Å². The van der Waals surface area contributed by atoms with Crippen LogP contribution in [-0.4, -0.2) is 23.0 Å². The number of aromatic nitrogens is 2. The summed E-state index contributed by atoms with van der Waals surface area (Å²) in [6.45, 7) is 3.13. The fourth-order valence-electron chi connectivity index (χ4n) is 3.38. The summed E-state index contributed by atoms with van der Waals surface area (Å²) in [7, 11) is 0. The van der Waals surface area contributed by atoms with Gasteiger partial charge in [0.2, 0.25) is 5.82 Å². The van der Waals surface area contributed by atoms with Crippen LogP contribution >= 0.6 is 0 Å². The van der Waals surface area contributed by atoms with E-state index in [0.717, 1.165) is 11.1 Å². The van der Waals surface area contributed by atoms with E-state index in [-0.39, 0.29) is 12.4 Å². The maximum absolute atomic E-state index is 12.6. The van der Waals surface area contributed by atoms with Gasteiger partial charge in [0.25, 0.3) is 5.89 Å². The van der Waals surface area contributed by atoms with Gasteiger partial charge < -0.3 is 18.9 Å². The second kappa shape index (κ2) is 10.3. The number of halogens is 3. The number of alkyl halides is 3. The van der Waals surface area contributed by atoms with Crippen LogP contribution in [0.5, 0.6) is 11.5 Å². The average molecular weight is 469 g/mol. The van der Waals surface area contributed by atoms with E-state index in [0.29, 0.717) is 36.2 Å². The molecule has 6 nitrogen and oxygen atoms in total. The molecule has 0 fully saturated rings. The predicted octanol–water partition coefficient (Wildman–Crippen LogP) is 6.24. The molecule has 0 aliphatic carbocycles. The Kier molecular flexibility index (Phi) is 7.01. The van der Waals surface area contributed by atoms with Crippen molar-refractivity contribution in [2.45, 2.75) is 26.4 Å². The summed E-state index contributed by atoms with van der Waals surface area (Å²) in [6.07, 6.45) is -4.73. The molecule has 0 radical (unpaired) electrons. The fraction of sp³-hybridized carbons (Fsp3) is 0.200. The van der Waals surface area contributed by atoms with Crippen molar-refractivity contribution < 1.29 is 27.2 Å². The lowest BCUT2D eigenvalue weighted by molar-refractivity contribution is -0.274. The third kappa shape index (κ3) is 6.28. The van der Waals surface area contributed by atoms with Crippen LogP contribution in [0.2, 0.25) is 0 Å². The van der Waals surface area contributed by atoms with Crippen molar-refractivity contribution in [2.24, 2.45) is 0 Å². The lowest BCUT2D eigenvalue weighted by atomic mass is 10.2. The van der Waals surface area contributed by atoms with Crippen LogP contribution in [0.3, 0.4) is 0 Å². The van der Waals surface area contributed by atoms with Crippen LogP contribution in [0, 0.1) is 0 Å². The highest BCUT2D eigenvalue weighted by molar-refractivity contribution is 5.52. The third-order valence-corrected chi connectivity index (χ3v) is 4.93. The van der Waals surface area contributed by atoms with Gasteiger partial charge in [-0.05, 0) is 48.9 Å². The molecule has 0 bridgehead atoms. The molecule has 0 atom stereocenters. The molecule has 1 aromatic heterocycles. The first kappa shape index (κ1) is 23.2.